The smallest absolute Gasteiger partial charge is 0.387 e. The molecule has 1 aromatic carbocycles. The zero-order valence-corrected chi connectivity index (χ0v) is 10.0. The summed E-state index contributed by atoms with van der Waals surface area (Å²) in [6, 6.07) is 5.89. The fourth-order valence-electron chi connectivity index (χ4n) is 1.17. The zero-order chi connectivity index (χ0) is 13.8. The SMILES string of the molecule is CC(C)(CNc1cccc(OC(F)F)c1)[N+](=O)[O-]. The topological polar surface area (TPSA) is 64.4 Å². The van der Waals surface area contributed by atoms with Crippen molar-refractivity contribution in [3.05, 3.63) is 34.4 Å². The molecule has 0 radical (unpaired) electrons. The lowest BCUT2D eigenvalue weighted by Gasteiger charge is -2.17. The Kier molecular flexibility index (Phi) is 4.41. The number of alkyl halides is 2. The summed E-state index contributed by atoms with van der Waals surface area (Å²) in [5.41, 5.74) is -0.650. The van der Waals surface area contributed by atoms with E-state index in [4.69, 9.17) is 0 Å². The standard InChI is InChI=1S/C11H14F2N2O3/c1-11(2,15(16)17)7-14-8-4-3-5-9(6-8)18-10(12)13/h3-6,10,14H,7H2,1-2H3. The molecule has 0 fully saturated rings. The van der Waals surface area contributed by atoms with Crippen LogP contribution in [0.1, 0.15) is 13.8 Å². The van der Waals surface area contributed by atoms with Gasteiger partial charge in [-0.2, -0.15) is 8.78 Å². The highest BCUT2D eigenvalue weighted by molar-refractivity contribution is 5.48. The summed E-state index contributed by atoms with van der Waals surface area (Å²) >= 11 is 0. The minimum Gasteiger partial charge on any atom is -0.435 e. The van der Waals surface area contributed by atoms with Crippen molar-refractivity contribution in [3.63, 3.8) is 0 Å². The third-order valence-electron chi connectivity index (χ3n) is 2.28. The molecule has 0 bridgehead atoms. The van der Waals surface area contributed by atoms with Gasteiger partial charge in [0.05, 0.1) is 6.54 Å². The number of rotatable bonds is 6. The average molecular weight is 260 g/mol. The van der Waals surface area contributed by atoms with Crippen LogP contribution in [-0.2, 0) is 0 Å². The molecule has 0 amide bonds. The molecule has 0 saturated carbocycles. The molecule has 100 valence electrons. The van der Waals surface area contributed by atoms with E-state index >= 15 is 0 Å². The lowest BCUT2D eigenvalue weighted by molar-refractivity contribution is -0.556. The number of halogens is 2. The molecule has 0 aromatic heterocycles. The minimum absolute atomic E-state index is 0.00825. The van der Waals surface area contributed by atoms with Crippen molar-refractivity contribution in [2.75, 3.05) is 11.9 Å². The van der Waals surface area contributed by atoms with Crippen LogP contribution in [0.15, 0.2) is 24.3 Å². The van der Waals surface area contributed by atoms with E-state index in [1.807, 2.05) is 0 Å². The van der Waals surface area contributed by atoms with Crippen LogP contribution in [0.2, 0.25) is 0 Å². The highest BCUT2D eigenvalue weighted by atomic mass is 19.3. The third kappa shape index (κ3) is 4.15. The van der Waals surface area contributed by atoms with E-state index in [0.717, 1.165) is 0 Å². The van der Waals surface area contributed by atoms with Crippen LogP contribution in [0.25, 0.3) is 0 Å². The number of hydrogen-bond acceptors (Lipinski definition) is 4. The molecule has 0 heterocycles. The Balaban J connectivity index is 2.65. The Labute approximate surface area is 103 Å². The van der Waals surface area contributed by atoms with Gasteiger partial charge in [0.1, 0.15) is 5.75 Å². The first kappa shape index (κ1) is 14.1. The second-order valence-electron chi connectivity index (χ2n) is 4.33. The summed E-state index contributed by atoms with van der Waals surface area (Å²) in [6.07, 6.45) is 0. The van der Waals surface area contributed by atoms with E-state index in [9.17, 15) is 18.9 Å². The molecule has 0 aliphatic rings. The molecular weight excluding hydrogens is 246 g/mol. The van der Waals surface area contributed by atoms with Gasteiger partial charge < -0.3 is 10.1 Å². The van der Waals surface area contributed by atoms with Gasteiger partial charge in [0, 0.05) is 30.5 Å². The van der Waals surface area contributed by atoms with Crippen molar-refractivity contribution in [1.82, 2.24) is 0 Å². The van der Waals surface area contributed by atoms with E-state index in [0.29, 0.717) is 5.69 Å². The van der Waals surface area contributed by atoms with E-state index in [1.165, 1.54) is 32.0 Å². The van der Waals surface area contributed by atoms with E-state index < -0.39 is 17.1 Å². The molecule has 0 saturated heterocycles. The van der Waals surface area contributed by atoms with Gasteiger partial charge in [0.15, 0.2) is 0 Å². The summed E-state index contributed by atoms with van der Waals surface area (Å²) in [4.78, 5) is 10.3. The maximum atomic E-state index is 12.0. The van der Waals surface area contributed by atoms with Crippen LogP contribution in [0.5, 0.6) is 5.75 Å². The van der Waals surface area contributed by atoms with Crippen LogP contribution in [0.4, 0.5) is 14.5 Å². The number of ether oxygens (including phenoxy) is 1. The van der Waals surface area contributed by atoms with Gasteiger partial charge in [-0.05, 0) is 12.1 Å². The van der Waals surface area contributed by atoms with E-state index in [-0.39, 0.29) is 12.3 Å². The van der Waals surface area contributed by atoms with Gasteiger partial charge in [-0.1, -0.05) is 6.07 Å². The summed E-state index contributed by atoms with van der Waals surface area (Å²) in [5.74, 6) is 0.00825. The monoisotopic (exact) mass is 260 g/mol. The van der Waals surface area contributed by atoms with Gasteiger partial charge in [-0.3, -0.25) is 10.1 Å². The first-order valence-electron chi connectivity index (χ1n) is 5.24. The Hall–Kier alpha value is -1.92. The molecule has 5 nitrogen and oxygen atoms in total. The molecule has 7 heteroatoms. The summed E-state index contributed by atoms with van der Waals surface area (Å²) in [7, 11) is 0. The Morgan fingerprint density at radius 3 is 2.72 bits per heavy atom. The van der Waals surface area contributed by atoms with Crippen molar-refractivity contribution in [3.8, 4) is 5.75 Å². The van der Waals surface area contributed by atoms with Crippen LogP contribution in [0.3, 0.4) is 0 Å². The maximum Gasteiger partial charge on any atom is 0.387 e. The molecule has 0 spiro atoms. The summed E-state index contributed by atoms with van der Waals surface area (Å²) < 4.78 is 28.2. The Morgan fingerprint density at radius 1 is 1.50 bits per heavy atom. The minimum atomic E-state index is -2.89. The van der Waals surface area contributed by atoms with Gasteiger partial charge in [-0.15, -0.1) is 0 Å². The number of nitrogens with one attached hydrogen (secondary N) is 1. The molecule has 18 heavy (non-hydrogen) atoms. The Morgan fingerprint density at radius 2 is 2.17 bits per heavy atom. The Bertz CT molecular complexity index is 425. The molecule has 0 aliphatic carbocycles. The lowest BCUT2D eigenvalue weighted by atomic mass is 10.1. The molecule has 1 aromatic rings. The molecule has 0 atom stereocenters. The maximum absolute atomic E-state index is 12.0. The van der Waals surface area contributed by atoms with Crippen molar-refractivity contribution in [1.29, 1.82) is 0 Å². The predicted molar refractivity (Wildman–Crippen MR) is 62.6 cm³/mol. The lowest BCUT2D eigenvalue weighted by Crippen LogP contribution is -2.38. The number of benzene rings is 1. The van der Waals surface area contributed by atoms with Crippen LogP contribution < -0.4 is 10.1 Å². The second kappa shape index (κ2) is 5.61. The molecule has 1 rings (SSSR count). The van der Waals surface area contributed by atoms with Crippen molar-refractivity contribution < 1.29 is 18.4 Å². The summed E-state index contributed by atoms with van der Waals surface area (Å²) in [6.45, 7) is 0.132. The number of anilines is 1. The first-order valence-corrected chi connectivity index (χ1v) is 5.24. The van der Waals surface area contributed by atoms with E-state index in [2.05, 4.69) is 10.1 Å². The third-order valence-corrected chi connectivity index (χ3v) is 2.28. The largest absolute Gasteiger partial charge is 0.435 e. The number of nitrogens with zero attached hydrogens (tertiary/aromatic N) is 1. The van der Waals surface area contributed by atoms with Gasteiger partial charge in [0.2, 0.25) is 5.54 Å². The van der Waals surface area contributed by atoms with Crippen LogP contribution in [-0.4, -0.2) is 23.6 Å². The number of hydrogen-bond donors (Lipinski definition) is 1. The van der Waals surface area contributed by atoms with Crippen LogP contribution >= 0.6 is 0 Å². The fourth-order valence-corrected chi connectivity index (χ4v) is 1.17. The van der Waals surface area contributed by atoms with Gasteiger partial charge >= 0.3 is 6.61 Å². The molecule has 1 N–H and O–H groups in total. The molecule has 0 aliphatic heterocycles. The normalized spacial score (nSPS) is 11.4. The zero-order valence-electron chi connectivity index (χ0n) is 10.0. The van der Waals surface area contributed by atoms with Gasteiger partial charge in [-0.25, -0.2) is 0 Å². The second-order valence-corrected chi connectivity index (χ2v) is 4.33. The fraction of sp³-hybridized carbons (Fsp3) is 0.455. The number of nitro groups is 1. The highest BCUT2D eigenvalue weighted by Crippen LogP contribution is 2.20. The van der Waals surface area contributed by atoms with Crippen LogP contribution in [0, 0.1) is 10.1 Å². The highest BCUT2D eigenvalue weighted by Gasteiger charge is 2.30. The summed E-state index contributed by atoms with van der Waals surface area (Å²) in [5, 5.41) is 13.5. The molecular formula is C11H14F2N2O3. The van der Waals surface area contributed by atoms with Crippen molar-refractivity contribution in [2.45, 2.75) is 26.0 Å². The van der Waals surface area contributed by atoms with E-state index in [1.54, 1.807) is 6.07 Å². The van der Waals surface area contributed by atoms with Crippen molar-refractivity contribution >= 4 is 5.69 Å². The average Bonchev–Trinajstić information content (AvgIpc) is 2.26. The quantitative estimate of drug-likeness (QED) is 0.631. The predicted octanol–water partition coefficient (Wildman–Crippen LogP) is 2.76. The van der Waals surface area contributed by atoms with Crippen molar-refractivity contribution in [2.24, 2.45) is 0 Å². The first-order chi connectivity index (χ1) is 8.31. The molecule has 0 unspecified atom stereocenters. The van der Waals surface area contributed by atoms with Gasteiger partial charge in [0.25, 0.3) is 0 Å².